The van der Waals surface area contributed by atoms with Crippen molar-refractivity contribution in [3.05, 3.63) is 22.2 Å². The highest BCUT2D eigenvalue weighted by atomic mass is 16.6. The first-order valence-electron chi connectivity index (χ1n) is 5.85. The molecule has 1 rings (SSSR count). The van der Waals surface area contributed by atoms with Gasteiger partial charge in [-0.2, -0.15) is 0 Å². The van der Waals surface area contributed by atoms with Gasteiger partial charge >= 0.3 is 5.97 Å². The van der Waals surface area contributed by atoms with Gasteiger partial charge in [0, 0.05) is 19.0 Å². The van der Waals surface area contributed by atoms with Gasteiger partial charge in [-0.3, -0.25) is 14.9 Å². The lowest BCUT2D eigenvalue weighted by atomic mass is 10.2. The van der Waals surface area contributed by atoms with Gasteiger partial charge in [0.1, 0.15) is 5.69 Å². The number of nitrogens with zero attached hydrogens (tertiary/aromatic N) is 1. The van der Waals surface area contributed by atoms with Gasteiger partial charge in [-0.1, -0.05) is 0 Å². The summed E-state index contributed by atoms with van der Waals surface area (Å²) in [6.45, 7) is 0.308. The largest absolute Gasteiger partial charge is 0.493 e. The van der Waals surface area contributed by atoms with E-state index in [1.807, 2.05) is 0 Å². The van der Waals surface area contributed by atoms with Crippen molar-refractivity contribution in [2.24, 2.45) is 0 Å². The Labute approximate surface area is 115 Å². The van der Waals surface area contributed by atoms with Crippen molar-refractivity contribution in [2.45, 2.75) is 12.8 Å². The van der Waals surface area contributed by atoms with E-state index < -0.39 is 10.9 Å². The first kappa shape index (κ1) is 15.5. The highest BCUT2D eigenvalue weighted by molar-refractivity contribution is 5.69. The number of methoxy groups -OCH3 is 2. The van der Waals surface area contributed by atoms with Crippen molar-refractivity contribution >= 4 is 17.3 Å². The number of nitro groups is 1. The normalized spacial score (nSPS) is 9.90. The van der Waals surface area contributed by atoms with Crippen LogP contribution in [0, 0.1) is 10.1 Å². The maximum absolute atomic E-state index is 11.0. The zero-order chi connectivity index (χ0) is 15.1. The van der Waals surface area contributed by atoms with Crippen LogP contribution in [0.3, 0.4) is 0 Å². The van der Waals surface area contributed by atoms with Crippen LogP contribution in [0.2, 0.25) is 0 Å². The van der Waals surface area contributed by atoms with Gasteiger partial charge in [0.15, 0.2) is 11.5 Å². The molecule has 8 nitrogen and oxygen atoms in total. The molecule has 0 heterocycles. The van der Waals surface area contributed by atoms with Crippen LogP contribution in [-0.2, 0) is 4.79 Å². The second kappa shape index (κ2) is 7.17. The Balaban J connectivity index is 2.92. The monoisotopic (exact) mass is 284 g/mol. The van der Waals surface area contributed by atoms with E-state index in [9.17, 15) is 14.9 Å². The molecule has 0 radical (unpaired) electrons. The zero-order valence-electron chi connectivity index (χ0n) is 11.2. The zero-order valence-corrected chi connectivity index (χ0v) is 11.2. The van der Waals surface area contributed by atoms with Crippen LogP contribution in [0.15, 0.2) is 12.1 Å². The van der Waals surface area contributed by atoms with Crippen LogP contribution < -0.4 is 14.8 Å². The second-order valence-corrected chi connectivity index (χ2v) is 3.91. The van der Waals surface area contributed by atoms with Crippen molar-refractivity contribution in [1.29, 1.82) is 0 Å². The minimum atomic E-state index is -0.909. The van der Waals surface area contributed by atoms with Crippen molar-refractivity contribution in [3.8, 4) is 11.5 Å². The molecule has 20 heavy (non-hydrogen) atoms. The van der Waals surface area contributed by atoms with Gasteiger partial charge in [-0.25, -0.2) is 0 Å². The molecule has 1 aromatic carbocycles. The van der Waals surface area contributed by atoms with E-state index in [0.29, 0.717) is 18.7 Å². The summed E-state index contributed by atoms with van der Waals surface area (Å²) in [7, 11) is 2.82. The Bertz CT molecular complexity index is 503. The number of aliphatic carboxylic acids is 1. The minimum absolute atomic E-state index is 0.00587. The third kappa shape index (κ3) is 4.01. The lowest BCUT2D eigenvalue weighted by Crippen LogP contribution is -2.07. The molecule has 0 aromatic heterocycles. The lowest BCUT2D eigenvalue weighted by Gasteiger charge is -2.11. The second-order valence-electron chi connectivity index (χ2n) is 3.91. The van der Waals surface area contributed by atoms with Crippen LogP contribution in [0.1, 0.15) is 12.8 Å². The Morgan fingerprint density at radius 2 is 1.95 bits per heavy atom. The molecule has 2 N–H and O–H groups in total. The van der Waals surface area contributed by atoms with Gasteiger partial charge in [0.05, 0.1) is 25.2 Å². The number of nitro benzene ring substituents is 1. The van der Waals surface area contributed by atoms with Crippen LogP contribution in [0.5, 0.6) is 11.5 Å². The van der Waals surface area contributed by atoms with E-state index in [1.165, 1.54) is 26.4 Å². The standard InChI is InChI=1S/C12H16N2O6/c1-19-10-6-8(13-5-3-4-12(15)16)9(14(17)18)7-11(10)20-2/h6-7,13H,3-5H2,1-2H3,(H,15,16). The van der Waals surface area contributed by atoms with Crippen LogP contribution in [-0.4, -0.2) is 36.8 Å². The number of carboxylic acids is 1. The molecule has 0 amide bonds. The summed E-state index contributed by atoms with van der Waals surface area (Å²) in [6.07, 6.45) is 0.356. The molecule has 0 aliphatic carbocycles. The van der Waals surface area contributed by atoms with Crippen LogP contribution in [0.4, 0.5) is 11.4 Å². The van der Waals surface area contributed by atoms with E-state index in [-0.39, 0.29) is 23.5 Å². The third-order valence-corrected chi connectivity index (χ3v) is 2.58. The molecule has 0 atom stereocenters. The van der Waals surface area contributed by atoms with E-state index in [0.717, 1.165) is 0 Å². The predicted octanol–water partition coefficient (Wildman–Crippen LogP) is 1.89. The molecule has 110 valence electrons. The third-order valence-electron chi connectivity index (χ3n) is 2.58. The van der Waals surface area contributed by atoms with Crippen molar-refractivity contribution < 1.29 is 24.3 Å². The van der Waals surface area contributed by atoms with Gasteiger partial charge in [-0.05, 0) is 6.42 Å². The maximum atomic E-state index is 11.0. The van der Waals surface area contributed by atoms with Crippen molar-refractivity contribution in [2.75, 3.05) is 26.1 Å². The topological polar surface area (TPSA) is 111 Å². The number of rotatable bonds is 8. The molecule has 0 bridgehead atoms. The number of nitrogens with one attached hydrogen (secondary N) is 1. The Kier molecular flexibility index (Phi) is 5.57. The number of hydrogen-bond donors (Lipinski definition) is 2. The average Bonchev–Trinajstić information content (AvgIpc) is 2.42. The minimum Gasteiger partial charge on any atom is -0.493 e. The summed E-state index contributed by atoms with van der Waals surface area (Å²) < 4.78 is 10.1. The van der Waals surface area contributed by atoms with E-state index in [2.05, 4.69) is 5.32 Å². The van der Waals surface area contributed by atoms with E-state index >= 15 is 0 Å². The lowest BCUT2D eigenvalue weighted by molar-refractivity contribution is -0.384. The summed E-state index contributed by atoms with van der Waals surface area (Å²) in [5.74, 6) is -0.289. The molecule has 1 aromatic rings. The van der Waals surface area contributed by atoms with E-state index in [1.54, 1.807) is 0 Å². The van der Waals surface area contributed by atoms with Crippen molar-refractivity contribution in [3.63, 3.8) is 0 Å². The van der Waals surface area contributed by atoms with Gasteiger partial charge in [0.25, 0.3) is 5.69 Å². The summed E-state index contributed by atoms with van der Waals surface area (Å²) in [5, 5.41) is 22.4. The highest BCUT2D eigenvalue weighted by Crippen LogP contribution is 2.37. The SMILES string of the molecule is COc1cc(NCCCC(=O)O)c([N+](=O)[O-])cc1OC. The molecule has 0 spiro atoms. The summed E-state index contributed by atoms with van der Waals surface area (Å²) >= 11 is 0. The van der Waals surface area contributed by atoms with Gasteiger partial charge in [0.2, 0.25) is 0 Å². The quantitative estimate of drug-likeness (QED) is 0.426. The number of benzene rings is 1. The van der Waals surface area contributed by atoms with Crippen LogP contribution in [0.25, 0.3) is 0 Å². The number of anilines is 1. The van der Waals surface area contributed by atoms with E-state index in [4.69, 9.17) is 14.6 Å². The molecule has 0 saturated heterocycles. The maximum Gasteiger partial charge on any atom is 0.303 e. The Morgan fingerprint density at radius 3 is 2.45 bits per heavy atom. The fourth-order valence-corrected chi connectivity index (χ4v) is 1.62. The fourth-order valence-electron chi connectivity index (χ4n) is 1.62. The summed E-state index contributed by atoms with van der Waals surface area (Å²) in [6, 6.07) is 2.72. The number of ether oxygens (including phenoxy) is 2. The highest BCUT2D eigenvalue weighted by Gasteiger charge is 2.19. The predicted molar refractivity (Wildman–Crippen MR) is 71.6 cm³/mol. The Hall–Kier alpha value is -2.51. The van der Waals surface area contributed by atoms with Crippen LogP contribution >= 0.6 is 0 Å². The fraction of sp³-hybridized carbons (Fsp3) is 0.417. The molecule has 0 unspecified atom stereocenters. The summed E-state index contributed by atoms with van der Waals surface area (Å²) in [5.41, 5.74) is 0.107. The van der Waals surface area contributed by atoms with Crippen molar-refractivity contribution in [1.82, 2.24) is 0 Å². The molecule has 0 saturated carbocycles. The smallest absolute Gasteiger partial charge is 0.303 e. The molecule has 8 heteroatoms. The average molecular weight is 284 g/mol. The molecule has 0 aliphatic rings. The molecule has 0 aliphatic heterocycles. The molecular weight excluding hydrogens is 268 g/mol. The number of carboxylic acid groups (broad SMARTS) is 1. The van der Waals surface area contributed by atoms with Gasteiger partial charge in [-0.15, -0.1) is 0 Å². The first-order valence-corrected chi connectivity index (χ1v) is 5.85. The molecule has 0 fully saturated rings. The molecular formula is C12H16N2O6. The van der Waals surface area contributed by atoms with Gasteiger partial charge < -0.3 is 19.9 Å². The Morgan fingerprint density at radius 1 is 1.35 bits per heavy atom. The number of hydrogen-bond acceptors (Lipinski definition) is 6. The number of carbonyl (C=O) groups is 1. The first-order chi connectivity index (χ1) is 9.49. The summed E-state index contributed by atoms with van der Waals surface area (Å²) in [4.78, 5) is 20.9.